The van der Waals surface area contributed by atoms with E-state index in [4.69, 9.17) is 18.9 Å². The van der Waals surface area contributed by atoms with Gasteiger partial charge in [-0.15, -0.1) is 0 Å². The third-order valence-corrected chi connectivity index (χ3v) is 5.17. The second-order valence-corrected chi connectivity index (χ2v) is 7.47. The van der Waals surface area contributed by atoms with Crippen LogP contribution in [0, 0.1) is 20.8 Å². The number of hydrogen-bond donors (Lipinski definition) is 0. The smallest absolute Gasteiger partial charge is 0.161 e. The van der Waals surface area contributed by atoms with Gasteiger partial charge in [0.1, 0.15) is 11.3 Å². The third kappa shape index (κ3) is 3.81. The van der Waals surface area contributed by atoms with E-state index in [2.05, 4.69) is 45.0 Å². The molecule has 0 saturated carbocycles. The minimum Gasteiger partial charge on any atom is -0.493 e. The molecule has 4 nitrogen and oxygen atoms in total. The lowest BCUT2D eigenvalue weighted by atomic mass is 10.1. The fraction of sp³-hybridized carbons (Fsp3) is 0.192. The van der Waals surface area contributed by atoms with Crippen LogP contribution in [-0.2, 0) is 0 Å². The lowest BCUT2D eigenvalue weighted by molar-refractivity contribution is 0.355. The normalized spacial score (nSPS) is 11.7. The Labute approximate surface area is 176 Å². The third-order valence-electron chi connectivity index (χ3n) is 5.17. The molecule has 0 amide bonds. The van der Waals surface area contributed by atoms with Crippen LogP contribution < -0.4 is 14.8 Å². The summed E-state index contributed by atoms with van der Waals surface area (Å²) in [6.45, 7) is 6.23. The second kappa shape index (κ2) is 8.07. The first-order valence-electron chi connectivity index (χ1n) is 9.87. The van der Waals surface area contributed by atoms with Crippen LogP contribution in [0.4, 0.5) is 5.69 Å². The van der Waals surface area contributed by atoms with Crippen molar-refractivity contribution < 1.29 is 13.9 Å². The van der Waals surface area contributed by atoms with E-state index in [1.807, 2.05) is 36.4 Å². The Bertz CT molecular complexity index is 1300. The van der Waals surface area contributed by atoms with Gasteiger partial charge < -0.3 is 13.9 Å². The Balaban J connectivity index is 1.99. The number of fused-ring (bicyclic) bond motifs is 1. The van der Waals surface area contributed by atoms with Crippen molar-refractivity contribution in [2.24, 2.45) is 4.99 Å². The summed E-state index contributed by atoms with van der Waals surface area (Å²) in [5, 5.41) is 1.86. The molecule has 0 unspecified atom stereocenters. The summed E-state index contributed by atoms with van der Waals surface area (Å²) >= 11 is 0. The topological polar surface area (TPSA) is 44.0 Å². The van der Waals surface area contributed by atoms with Crippen molar-refractivity contribution in [1.82, 2.24) is 0 Å². The van der Waals surface area contributed by atoms with Crippen molar-refractivity contribution in [1.29, 1.82) is 0 Å². The standard InChI is InChI=1S/C26H25NO3/c1-16-7-10-23-20(12-16)22(27-21-13-17(2)6-8-18(21)3)15-25(30-23)19-9-11-24(28-4)26(14-19)29-5/h6-15H,1-5H3. The molecule has 0 N–H and O–H groups in total. The van der Waals surface area contributed by atoms with Gasteiger partial charge in [-0.05, 0) is 68.3 Å². The molecular weight excluding hydrogens is 374 g/mol. The number of hydrogen-bond acceptors (Lipinski definition) is 4. The van der Waals surface area contributed by atoms with Crippen LogP contribution in [0.15, 0.2) is 70.1 Å². The van der Waals surface area contributed by atoms with Gasteiger partial charge in [-0.1, -0.05) is 23.8 Å². The van der Waals surface area contributed by atoms with E-state index >= 15 is 0 Å². The molecule has 0 aliphatic heterocycles. The fourth-order valence-corrected chi connectivity index (χ4v) is 3.48. The van der Waals surface area contributed by atoms with Crippen molar-refractivity contribution in [2.75, 3.05) is 14.2 Å². The Morgan fingerprint density at radius 1 is 0.733 bits per heavy atom. The maximum absolute atomic E-state index is 6.25. The SMILES string of the molecule is COc1ccc(-c2cc(=Nc3cc(C)ccc3C)c3cc(C)ccc3o2)cc1OC. The number of nitrogens with zero attached hydrogens (tertiary/aromatic N) is 1. The number of benzene rings is 3. The molecule has 0 fully saturated rings. The largest absolute Gasteiger partial charge is 0.493 e. The summed E-state index contributed by atoms with van der Waals surface area (Å²) in [5.41, 5.74) is 6.12. The van der Waals surface area contributed by atoms with E-state index < -0.39 is 0 Å². The fourth-order valence-electron chi connectivity index (χ4n) is 3.48. The molecule has 4 rings (SSSR count). The van der Waals surface area contributed by atoms with Crippen LogP contribution in [0.3, 0.4) is 0 Å². The van der Waals surface area contributed by atoms with Gasteiger partial charge in [-0.25, -0.2) is 4.99 Å². The van der Waals surface area contributed by atoms with Gasteiger partial charge in [0, 0.05) is 17.0 Å². The summed E-state index contributed by atoms with van der Waals surface area (Å²) in [5.74, 6) is 2.05. The molecule has 4 aromatic rings. The van der Waals surface area contributed by atoms with Gasteiger partial charge in [0.05, 0.1) is 25.3 Å². The highest BCUT2D eigenvalue weighted by Crippen LogP contribution is 2.33. The van der Waals surface area contributed by atoms with E-state index in [1.165, 1.54) is 5.56 Å². The quantitative estimate of drug-likeness (QED) is 0.406. The molecule has 1 aromatic heterocycles. The molecule has 0 atom stereocenters. The molecule has 0 radical (unpaired) electrons. The van der Waals surface area contributed by atoms with Crippen molar-refractivity contribution >= 4 is 16.7 Å². The van der Waals surface area contributed by atoms with Crippen LogP contribution in [0.2, 0.25) is 0 Å². The highest BCUT2D eigenvalue weighted by Gasteiger charge is 2.11. The van der Waals surface area contributed by atoms with Crippen LogP contribution in [0.25, 0.3) is 22.3 Å². The zero-order chi connectivity index (χ0) is 21.3. The van der Waals surface area contributed by atoms with E-state index in [9.17, 15) is 0 Å². The molecule has 4 heteroatoms. The zero-order valence-corrected chi connectivity index (χ0v) is 17.9. The average molecular weight is 399 g/mol. The van der Waals surface area contributed by atoms with Crippen molar-refractivity contribution in [2.45, 2.75) is 20.8 Å². The Kier molecular flexibility index (Phi) is 5.32. The highest BCUT2D eigenvalue weighted by atomic mass is 16.5. The van der Waals surface area contributed by atoms with Crippen LogP contribution in [-0.4, -0.2) is 14.2 Å². The second-order valence-electron chi connectivity index (χ2n) is 7.47. The van der Waals surface area contributed by atoms with E-state index in [0.29, 0.717) is 11.5 Å². The van der Waals surface area contributed by atoms with Crippen molar-refractivity contribution in [3.8, 4) is 22.8 Å². The minimum atomic E-state index is 0.655. The molecule has 30 heavy (non-hydrogen) atoms. The van der Waals surface area contributed by atoms with E-state index in [-0.39, 0.29) is 0 Å². The van der Waals surface area contributed by atoms with E-state index in [0.717, 1.165) is 44.5 Å². The van der Waals surface area contributed by atoms with Gasteiger partial charge in [0.25, 0.3) is 0 Å². The minimum absolute atomic E-state index is 0.655. The van der Waals surface area contributed by atoms with E-state index in [1.54, 1.807) is 14.2 Å². The van der Waals surface area contributed by atoms with Crippen molar-refractivity contribution in [3.63, 3.8) is 0 Å². The first-order chi connectivity index (χ1) is 14.5. The average Bonchev–Trinajstić information content (AvgIpc) is 2.75. The van der Waals surface area contributed by atoms with Gasteiger partial charge >= 0.3 is 0 Å². The molecule has 3 aromatic carbocycles. The Morgan fingerprint density at radius 2 is 1.47 bits per heavy atom. The van der Waals surface area contributed by atoms with Gasteiger partial charge in [0.2, 0.25) is 0 Å². The number of ether oxygens (including phenoxy) is 2. The molecule has 152 valence electrons. The molecule has 0 spiro atoms. The summed E-state index contributed by atoms with van der Waals surface area (Å²) in [6, 6.07) is 20.2. The monoisotopic (exact) mass is 399 g/mol. The predicted molar refractivity (Wildman–Crippen MR) is 121 cm³/mol. The maximum atomic E-state index is 6.25. The van der Waals surface area contributed by atoms with Crippen LogP contribution in [0.5, 0.6) is 11.5 Å². The zero-order valence-electron chi connectivity index (χ0n) is 17.9. The molecule has 1 heterocycles. The Hall–Kier alpha value is -3.53. The van der Waals surface area contributed by atoms with Crippen LogP contribution in [0.1, 0.15) is 16.7 Å². The number of rotatable bonds is 4. The summed E-state index contributed by atoms with van der Waals surface area (Å²) in [7, 11) is 3.25. The maximum Gasteiger partial charge on any atom is 0.161 e. The van der Waals surface area contributed by atoms with Crippen molar-refractivity contribution in [3.05, 3.63) is 82.7 Å². The number of methoxy groups -OCH3 is 2. The van der Waals surface area contributed by atoms with Gasteiger partial charge in [-0.3, -0.25) is 0 Å². The molecule has 0 aliphatic rings. The predicted octanol–water partition coefficient (Wildman–Crippen LogP) is 6.27. The first kappa shape index (κ1) is 19.8. The summed E-state index contributed by atoms with van der Waals surface area (Å²) in [4.78, 5) is 5.02. The van der Waals surface area contributed by atoms with Gasteiger partial charge in [-0.2, -0.15) is 0 Å². The number of aryl methyl sites for hydroxylation is 3. The summed E-state index contributed by atoms with van der Waals surface area (Å²) in [6.07, 6.45) is 0. The summed E-state index contributed by atoms with van der Waals surface area (Å²) < 4.78 is 17.1. The lowest BCUT2D eigenvalue weighted by Gasteiger charge is -2.10. The van der Waals surface area contributed by atoms with Gasteiger partial charge in [0.15, 0.2) is 11.5 Å². The Morgan fingerprint density at radius 3 is 2.23 bits per heavy atom. The molecule has 0 bridgehead atoms. The highest BCUT2D eigenvalue weighted by molar-refractivity contribution is 5.80. The van der Waals surface area contributed by atoms with Crippen LogP contribution >= 0.6 is 0 Å². The molecule has 0 aliphatic carbocycles. The molecular formula is C26H25NO3. The molecule has 0 saturated heterocycles. The first-order valence-corrected chi connectivity index (χ1v) is 9.87. The lowest BCUT2D eigenvalue weighted by Crippen LogP contribution is -2.04.